The van der Waals surface area contributed by atoms with Crippen molar-refractivity contribution in [3.8, 4) is 0 Å². The van der Waals surface area contributed by atoms with E-state index in [2.05, 4.69) is 13.8 Å². The van der Waals surface area contributed by atoms with Gasteiger partial charge in [0.15, 0.2) is 0 Å². The molecule has 0 atom stereocenters. The molecule has 4 aliphatic rings. The van der Waals surface area contributed by atoms with Crippen LogP contribution in [0.5, 0.6) is 0 Å². The van der Waals surface area contributed by atoms with Gasteiger partial charge in [0.25, 0.3) is 0 Å². The molecule has 3 heteroatoms. The zero-order chi connectivity index (χ0) is 18.7. The summed E-state index contributed by atoms with van der Waals surface area (Å²) in [6.07, 6.45) is 22.2. The normalized spacial score (nSPS) is 34.0. The van der Waals surface area contributed by atoms with Gasteiger partial charge >= 0.3 is 0 Å². The Bertz CT molecular complexity index is 381. The first-order chi connectivity index (χ1) is 13.2. The van der Waals surface area contributed by atoms with Gasteiger partial charge in [-0.15, -0.1) is 0 Å². The van der Waals surface area contributed by atoms with Gasteiger partial charge in [-0.05, 0) is 0 Å². The molecule has 27 heavy (non-hydrogen) atoms. The maximum Gasteiger partial charge on any atom is 0.146 e. The Labute approximate surface area is 172 Å². The van der Waals surface area contributed by atoms with E-state index in [1.807, 2.05) is 0 Å². The average molecular weight is 384 g/mol. The van der Waals surface area contributed by atoms with Crippen LogP contribution in [0.15, 0.2) is 0 Å². The van der Waals surface area contributed by atoms with Crippen molar-refractivity contribution in [1.29, 1.82) is 0 Å². The average Bonchev–Trinajstić information content (AvgIpc) is 2.68. The van der Waals surface area contributed by atoms with Crippen molar-refractivity contribution < 1.29 is 0 Å². The molecule has 0 nitrogen and oxygen atoms in total. The van der Waals surface area contributed by atoms with Gasteiger partial charge in [0.2, 0.25) is 0 Å². The molecular formula is C24H46B2Si. The minimum Gasteiger partial charge on any atom is -0.0761 e. The summed E-state index contributed by atoms with van der Waals surface area (Å²) in [5.41, 5.74) is 0. The molecular weight excluding hydrogens is 338 g/mol. The van der Waals surface area contributed by atoms with Crippen LogP contribution < -0.4 is 0 Å². The number of fused-ring (bicyclic) bond motifs is 4. The fourth-order valence-electron chi connectivity index (χ4n) is 8.60. The summed E-state index contributed by atoms with van der Waals surface area (Å²) < 4.78 is 0. The van der Waals surface area contributed by atoms with E-state index in [-0.39, 0.29) is 0 Å². The third kappa shape index (κ3) is 4.59. The topological polar surface area (TPSA) is 0 Å². The van der Waals surface area contributed by atoms with Crippen molar-refractivity contribution in [1.82, 2.24) is 0 Å². The molecule has 0 saturated carbocycles. The third-order valence-corrected chi connectivity index (χ3v) is 16.2. The van der Waals surface area contributed by atoms with Crippen molar-refractivity contribution in [2.24, 2.45) is 0 Å². The van der Waals surface area contributed by atoms with Crippen LogP contribution in [0.4, 0.5) is 0 Å². The lowest BCUT2D eigenvalue weighted by atomic mass is 9.26. The Kier molecular flexibility index (Phi) is 7.21. The quantitative estimate of drug-likeness (QED) is 0.367. The van der Waals surface area contributed by atoms with Gasteiger partial charge in [-0.2, -0.15) is 0 Å². The molecule has 0 radical (unpaired) electrons. The second kappa shape index (κ2) is 9.44. The Hall–Kier alpha value is 0.347. The van der Waals surface area contributed by atoms with E-state index in [1.54, 1.807) is 114 Å². The molecule has 0 aliphatic carbocycles. The van der Waals surface area contributed by atoms with Gasteiger partial charge in [0, 0.05) is 0 Å². The Morgan fingerprint density at radius 1 is 0.556 bits per heavy atom. The van der Waals surface area contributed by atoms with Crippen LogP contribution in [0.25, 0.3) is 0 Å². The SMILES string of the molecule is CC[Si](CC)(CCB1C2CCCC1CCC2)CCB1C2CCCC1CCC2. The Morgan fingerprint density at radius 2 is 0.852 bits per heavy atom. The molecule has 4 rings (SSSR count). The first kappa shape index (κ1) is 20.6. The van der Waals surface area contributed by atoms with Gasteiger partial charge in [0.05, 0.1) is 8.07 Å². The highest BCUT2D eigenvalue weighted by molar-refractivity contribution is 6.82. The van der Waals surface area contributed by atoms with Crippen molar-refractivity contribution in [3.63, 3.8) is 0 Å². The van der Waals surface area contributed by atoms with Gasteiger partial charge in [0.1, 0.15) is 13.4 Å². The maximum atomic E-state index is 2.58. The molecule has 0 aromatic rings. The van der Waals surface area contributed by atoms with Crippen LogP contribution in [0.2, 0.25) is 60.1 Å². The highest BCUT2D eigenvalue weighted by Crippen LogP contribution is 2.51. The molecule has 4 fully saturated rings. The van der Waals surface area contributed by atoms with Gasteiger partial charge in [-0.25, -0.2) is 0 Å². The molecule has 0 N–H and O–H groups in total. The minimum absolute atomic E-state index is 1.01. The highest BCUT2D eigenvalue weighted by atomic mass is 28.3. The lowest BCUT2D eigenvalue weighted by Crippen LogP contribution is -2.41. The first-order valence-electron chi connectivity index (χ1n) is 13.2. The van der Waals surface area contributed by atoms with Gasteiger partial charge < -0.3 is 0 Å². The highest BCUT2D eigenvalue weighted by Gasteiger charge is 2.43. The zero-order valence-electron chi connectivity index (χ0n) is 18.7. The van der Waals surface area contributed by atoms with E-state index in [1.165, 1.54) is 0 Å². The molecule has 4 bridgehead atoms. The van der Waals surface area contributed by atoms with Crippen LogP contribution in [-0.4, -0.2) is 21.5 Å². The van der Waals surface area contributed by atoms with E-state index in [9.17, 15) is 0 Å². The molecule has 0 aromatic heterocycles. The predicted molar refractivity (Wildman–Crippen MR) is 128 cm³/mol. The van der Waals surface area contributed by atoms with E-state index < -0.39 is 8.07 Å². The molecule has 4 aliphatic heterocycles. The largest absolute Gasteiger partial charge is 0.146 e. The van der Waals surface area contributed by atoms with Gasteiger partial charge in [-0.1, -0.05) is 151 Å². The van der Waals surface area contributed by atoms with Crippen LogP contribution in [-0.2, 0) is 0 Å². The van der Waals surface area contributed by atoms with Crippen LogP contribution in [0.1, 0.15) is 90.9 Å². The summed E-state index contributed by atoms with van der Waals surface area (Å²) in [6.45, 7) is 7.45. The fourth-order valence-corrected chi connectivity index (χ4v) is 12.7. The summed E-state index contributed by atoms with van der Waals surface area (Å²) in [5, 5.41) is 0. The molecule has 0 amide bonds. The predicted octanol–water partition coefficient (Wildman–Crippen LogP) is 8.68. The molecule has 152 valence electrons. The number of rotatable bonds is 8. The summed E-state index contributed by atoms with van der Waals surface area (Å²) in [7, 11) is -1.01. The van der Waals surface area contributed by atoms with Crippen molar-refractivity contribution in [2.75, 3.05) is 0 Å². The van der Waals surface area contributed by atoms with Crippen molar-refractivity contribution in [2.45, 2.75) is 151 Å². The van der Waals surface area contributed by atoms with E-state index in [4.69, 9.17) is 0 Å². The zero-order valence-corrected chi connectivity index (χ0v) is 19.7. The fraction of sp³-hybridized carbons (Fsp3) is 1.00. The van der Waals surface area contributed by atoms with Crippen LogP contribution in [0.3, 0.4) is 0 Å². The van der Waals surface area contributed by atoms with Crippen molar-refractivity contribution in [3.05, 3.63) is 0 Å². The summed E-state index contributed by atoms with van der Waals surface area (Å²) in [4.78, 5) is 0. The maximum absolute atomic E-state index is 2.58. The van der Waals surface area contributed by atoms with Gasteiger partial charge in [-0.3, -0.25) is 0 Å². The monoisotopic (exact) mass is 384 g/mol. The van der Waals surface area contributed by atoms with E-state index >= 15 is 0 Å². The summed E-state index contributed by atoms with van der Waals surface area (Å²) in [5.74, 6) is 4.54. The first-order valence-corrected chi connectivity index (χ1v) is 16.1. The van der Waals surface area contributed by atoms with Crippen LogP contribution in [0, 0.1) is 0 Å². The molecule has 4 heterocycles. The minimum atomic E-state index is -1.01. The third-order valence-electron chi connectivity index (χ3n) is 10.5. The summed E-state index contributed by atoms with van der Waals surface area (Å²) >= 11 is 0. The lowest BCUT2D eigenvalue weighted by Gasteiger charge is -2.44. The van der Waals surface area contributed by atoms with Crippen molar-refractivity contribution >= 4 is 21.5 Å². The second-order valence-corrected chi connectivity index (χ2v) is 16.8. The number of hydrogen-bond acceptors (Lipinski definition) is 0. The molecule has 0 unspecified atom stereocenters. The Morgan fingerprint density at radius 3 is 1.11 bits per heavy atom. The Balaban J connectivity index is 1.34. The van der Waals surface area contributed by atoms with Crippen LogP contribution >= 0.6 is 0 Å². The molecule has 0 aromatic carbocycles. The standard InChI is InChI=1S/C24H46B2Si/c1-3-27(4-2,19-17-25-21-9-5-10-22(25)12-6-11-21)20-18-26-23-13-7-14-24(26)16-8-15-23/h21-24H,3-20H2,1-2H3. The summed E-state index contributed by atoms with van der Waals surface area (Å²) in [6, 6.07) is 6.54. The number of hydrogen-bond donors (Lipinski definition) is 0. The second-order valence-electron chi connectivity index (χ2n) is 11.4. The van der Waals surface area contributed by atoms with E-state index in [0.29, 0.717) is 0 Å². The smallest absolute Gasteiger partial charge is 0.0761 e. The molecule has 0 spiro atoms. The molecule has 4 saturated heterocycles. The van der Waals surface area contributed by atoms with E-state index in [0.717, 1.165) is 36.7 Å². The lowest BCUT2D eigenvalue weighted by molar-refractivity contribution is 0.441.